The topological polar surface area (TPSA) is 131 Å². The quantitative estimate of drug-likeness (QED) is 0.434. The number of carbonyl (C=O) groups excluding carboxylic acids is 2. The van der Waals surface area contributed by atoms with Gasteiger partial charge in [-0.05, 0) is 45.6 Å². The molecule has 2 aliphatic carbocycles. The lowest BCUT2D eigenvalue weighted by atomic mass is 10.1. The Bertz CT molecular complexity index is 1430. The summed E-state index contributed by atoms with van der Waals surface area (Å²) in [5.41, 5.74) is 1.01. The summed E-state index contributed by atoms with van der Waals surface area (Å²) in [6, 6.07) is 2.91. The molecule has 0 spiro atoms. The van der Waals surface area contributed by atoms with Crippen molar-refractivity contribution >= 4 is 43.2 Å². The van der Waals surface area contributed by atoms with Crippen LogP contribution in [0.5, 0.6) is 0 Å². The van der Waals surface area contributed by atoms with E-state index in [2.05, 4.69) is 25.6 Å². The van der Waals surface area contributed by atoms with Crippen LogP contribution in [0.25, 0.3) is 21.3 Å². The number of rotatable bonds is 9. The second-order valence-electron chi connectivity index (χ2n) is 9.53. The lowest BCUT2D eigenvalue weighted by molar-refractivity contribution is -0.126. The minimum atomic E-state index is -3.99. The third-order valence-corrected chi connectivity index (χ3v) is 9.87. The van der Waals surface area contributed by atoms with Crippen molar-refractivity contribution in [3.05, 3.63) is 41.2 Å². The van der Waals surface area contributed by atoms with Gasteiger partial charge in [0, 0.05) is 41.5 Å². The first-order chi connectivity index (χ1) is 17.1. The Labute approximate surface area is 211 Å². The Morgan fingerprint density at radius 3 is 2.44 bits per heavy atom. The third kappa shape index (κ3) is 5.10. The molecule has 9 nitrogen and oxygen atoms in total. The van der Waals surface area contributed by atoms with Gasteiger partial charge in [0.2, 0.25) is 11.8 Å². The summed E-state index contributed by atoms with van der Waals surface area (Å²) in [6.07, 6.45) is 7.07. The van der Waals surface area contributed by atoms with Crippen molar-refractivity contribution < 1.29 is 22.4 Å². The minimum Gasteiger partial charge on any atom is -0.352 e. The van der Waals surface area contributed by atoms with Crippen LogP contribution in [0.4, 0.5) is 4.39 Å². The van der Waals surface area contributed by atoms with E-state index >= 15 is 0 Å². The summed E-state index contributed by atoms with van der Waals surface area (Å²) < 4.78 is 41.8. The SMILES string of the molecule is CC(C)S(=O)(=O)C(C(=O)NCC(=O)NC1CC1)c1nc2cc(F)c(-c3cnc(C4CC4)nc3)cc2s1. The van der Waals surface area contributed by atoms with E-state index in [0.717, 1.165) is 42.8 Å². The van der Waals surface area contributed by atoms with Crippen LogP contribution in [0, 0.1) is 5.82 Å². The van der Waals surface area contributed by atoms with E-state index in [1.165, 1.54) is 19.9 Å². The van der Waals surface area contributed by atoms with Crippen molar-refractivity contribution in [2.75, 3.05) is 6.54 Å². The van der Waals surface area contributed by atoms with Gasteiger partial charge in [0.05, 0.1) is 22.0 Å². The number of amides is 2. The molecule has 2 aliphatic rings. The summed E-state index contributed by atoms with van der Waals surface area (Å²) in [4.78, 5) is 38.1. The van der Waals surface area contributed by atoms with Crippen LogP contribution in [-0.4, -0.2) is 53.0 Å². The lowest BCUT2D eigenvalue weighted by Gasteiger charge is -2.17. The molecular weight excluding hydrogens is 505 g/mol. The highest BCUT2D eigenvalue weighted by Crippen LogP contribution is 2.39. The molecule has 1 atom stereocenters. The highest BCUT2D eigenvalue weighted by molar-refractivity contribution is 7.93. The minimum absolute atomic E-state index is 0.0238. The molecule has 0 bridgehead atoms. The predicted molar refractivity (Wildman–Crippen MR) is 134 cm³/mol. The van der Waals surface area contributed by atoms with Gasteiger partial charge in [-0.1, -0.05) is 0 Å². The molecule has 0 radical (unpaired) electrons. The Morgan fingerprint density at radius 1 is 1.14 bits per heavy atom. The van der Waals surface area contributed by atoms with Crippen LogP contribution >= 0.6 is 11.3 Å². The van der Waals surface area contributed by atoms with E-state index < -0.39 is 32.1 Å². The highest BCUT2D eigenvalue weighted by Gasteiger charge is 2.39. The molecule has 5 rings (SSSR count). The summed E-state index contributed by atoms with van der Waals surface area (Å²) in [5.74, 6) is -0.636. The fourth-order valence-corrected chi connectivity index (χ4v) is 6.55. The van der Waals surface area contributed by atoms with E-state index in [4.69, 9.17) is 0 Å². The number of halogens is 1. The zero-order chi connectivity index (χ0) is 25.6. The Kier molecular flexibility index (Phi) is 6.50. The number of benzene rings is 1. The van der Waals surface area contributed by atoms with E-state index in [0.29, 0.717) is 16.2 Å². The lowest BCUT2D eigenvalue weighted by Crippen LogP contribution is -2.42. The van der Waals surface area contributed by atoms with E-state index in [1.807, 2.05) is 0 Å². The maximum atomic E-state index is 15.0. The third-order valence-electron chi connectivity index (χ3n) is 6.23. The second-order valence-corrected chi connectivity index (χ2v) is 13.2. The molecule has 2 fully saturated rings. The smallest absolute Gasteiger partial charge is 0.245 e. The number of sulfone groups is 1. The molecule has 36 heavy (non-hydrogen) atoms. The van der Waals surface area contributed by atoms with Gasteiger partial charge >= 0.3 is 0 Å². The molecule has 190 valence electrons. The molecule has 0 saturated heterocycles. The molecule has 0 aliphatic heterocycles. The van der Waals surface area contributed by atoms with Gasteiger partial charge in [0.25, 0.3) is 0 Å². The summed E-state index contributed by atoms with van der Waals surface area (Å²) in [5, 5.41) is 2.72. The highest BCUT2D eigenvalue weighted by atomic mass is 32.2. The second kappa shape index (κ2) is 9.47. The number of nitrogens with zero attached hydrogens (tertiary/aromatic N) is 3. The standard InChI is InChI=1S/C24H26FN5O4S2/c1-12(2)36(33,34)21(23(32)28-11-20(31)29-15-5-6-15)24-30-18-8-17(25)16(7-19(18)35-24)14-9-26-22(27-10-14)13-3-4-13/h7-10,12-13,15,21H,3-6,11H2,1-2H3,(H,28,32)(H,29,31). The molecule has 3 aromatic rings. The number of carbonyl (C=O) groups is 2. The molecule has 1 aromatic carbocycles. The Morgan fingerprint density at radius 2 is 1.83 bits per heavy atom. The zero-order valence-corrected chi connectivity index (χ0v) is 21.5. The average molecular weight is 532 g/mol. The number of hydrogen-bond acceptors (Lipinski definition) is 8. The summed E-state index contributed by atoms with van der Waals surface area (Å²) in [7, 11) is -3.99. The van der Waals surface area contributed by atoms with Crippen LogP contribution in [0.15, 0.2) is 24.5 Å². The van der Waals surface area contributed by atoms with Gasteiger partial charge in [-0.2, -0.15) is 0 Å². The molecule has 1 unspecified atom stereocenters. The van der Waals surface area contributed by atoms with Gasteiger partial charge in [0.15, 0.2) is 15.1 Å². The number of thiazole rings is 1. The number of fused-ring (bicyclic) bond motifs is 1. The van der Waals surface area contributed by atoms with Crippen molar-refractivity contribution in [2.24, 2.45) is 0 Å². The van der Waals surface area contributed by atoms with E-state index in [1.54, 1.807) is 18.5 Å². The largest absolute Gasteiger partial charge is 0.352 e. The Balaban J connectivity index is 1.45. The van der Waals surface area contributed by atoms with Gasteiger partial charge in [-0.25, -0.2) is 27.8 Å². The maximum Gasteiger partial charge on any atom is 0.245 e. The van der Waals surface area contributed by atoms with Crippen LogP contribution in [0.3, 0.4) is 0 Å². The number of nitrogens with one attached hydrogen (secondary N) is 2. The van der Waals surface area contributed by atoms with Crippen molar-refractivity contribution in [3.63, 3.8) is 0 Å². The van der Waals surface area contributed by atoms with Gasteiger partial charge in [0.1, 0.15) is 16.6 Å². The average Bonchev–Trinajstić information content (AvgIpc) is 3.76. The number of hydrogen-bond donors (Lipinski definition) is 2. The van der Waals surface area contributed by atoms with Crippen LogP contribution < -0.4 is 10.6 Å². The fourth-order valence-electron chi connectivity index (χ4n) is 3.77. The normalized spacial score (nSPS) is 16.8. The fraction of sp³-hybridized carbons (Fsp3) is 0.458. The zero-order valence-electron chi connectivity index (χ0n) is 19.8. The van der Waals surface area contributed by atoms with Crippen LogP contribution in [0.2, 0.25) is 0 Å². The van der Waals surface area contributed by atoms with Crippen molar-refractivity contribution in [2.45, 2.75) is 62.0 Å². The first-order valence-electron chi connectivity index (χ1n) is 11.9. The molecule has 2 aromatic heterocycles. The maximum absolute atomic E-state index is 15.0. The van der Waals surface area contributed by atoms with Crippen molar-refractivity contribution in [1.29, 1.82) is 0 Å². The van der Waals surface area contributed by atoms with Gasteiger partial charge in [-0.15, -0.1) is 11.3 Å². The van der Waals surface area contributed by atoms with Crippen molar-refractivity contribution in [3.8, 4) is 11.1 Å². The van der Waals surface area contributed by atoms with E-state index in [-0.39, 0.29) is 34.6 Å². The number of aromatic nitrogens is 3. The van der Waals surface area contributed by atoms with Crippen molar-refractivity contribution in [1.82, 2.24) is 25.6 Å². The molecule has 2 heterocycles. The van der Waals surface area contributed by atoms with Gasteiger partial charge in [-0.3, -0.25) is 9.59 Å². The first-order valence-corrected chi connectivity index (χ1v) is 14.3. The predicted octanol–water partition coefficient (Wildman–Crippen LogP) is 3.03. The molecule has 12 heteroatoms. The van der Waals surface area contributed by atoms with E-state index in [9.17, 15) is 22.4 Å². The molecule has 2 N–H and O–H groups in total. The summed E-state index contributed by atoms with van der Waals surface area (Å²) >= 11 is 1.01. The first kappa shape index (κ1) is 24.7. The van der Waals surface area contributed by atoms with Crippen LogP contribution in [0.1, 0.15) is 61.5 Å². The Hall–Kier alpha value is -2.99. The molecular formula is C24H26FN5O4S2. The summed E-state index contributed by atoms with van der Waals surface area (Å²) in [6.45, 7) is 2.62. The monoisotopic (exact) mass is 531 g/mol. The van der Waals surface area contributed by atoms with Gasteiger partial charge < -0.3 is 10.6 Å². The molecule has 2 amide bonds. The van der Waals surface area contributed by atoms with Crippen LogP contribution in [-0.2, 0) is 19.4 Å². The molecule has 2 saturated carbocycles.